The van der Waals surface area contributed by atoms with Crippen LogP contribution in [0.25, 0.3) is 0 Å². The van der Waals surface area contributed by atoms with Crippen molar-refractivity contribution >= 4 is 23.2 Å². The van der Waals surface area contributed by atoms with Crippen molar-refractivity contribution in [1.29, 1.82) is 0 Å². The van der Waals surface area contributed by atoms with Gasteiger partial charge in [-0.2, -0.15) is 0 Å². The number of anilines is 1. The largest absolute Gasteiger partial charge is 0.496 e. The molecule has 0 radical (unpaired) electrons. The molecule has 0 aliphatic rings. The lowest BCUT2D eigenvalue weighted by Gasteiger charge is -2.25. The molecule has 1 aromatic heterocycles. The first kappa shape index (κ1) is 18.7. The maximum Gasteiger partial charge on any atom is 0.266 e. The standard InChI is InChI=1S/C21H19ClN2O3/c1-26-18-9-4-10-19(27-2)20(18)21(25)24(14-15-6-5-11-23-13-15)17-8-3-7-16(22)12-17/h3-13H,14H2,1-2H3. The lowest BCUT2D eigenvalue weighted by Crippen LogP contribution is -2.31. The molecule has 27 heavy (non-hydrogen) atoms. The van der Waals surface area contributed by atoms with Crippen LogP contribution in [0.1, 0.15) is 15.9 Å². The van der Waals surface area contributed by atoms with Crippen LogP contribution in [0.3, 0.4) is 0 Å². The van der Waals surface area contributed by atoms with Crippen LogP contribution in [0.4, 0.5) is 5.69 Å². The highest BCUT2D eigenvalue weighted by atomic mass is 35.5. The molecule has 0 aliphatic heterocycles. The molecule has 3 rings (SSSR count). The monoisotopic (exact) mass is 382 g/mol. The van der Waals surface area contributed by atoms with Crippen LogP contribution in [0.2, 0.25) is 5.02 Å². The summed E-state index contributed by atoms with van der Waals surface area (Å²) in [7, 11) is 3.05. The topological polar surface area (TPSA) is 51.7 Å². The smallest absolute Gasteiger partial charge is 0.266 e. The van der Waals surface area contributed by atoms with Crippen molar-refractivity contribution in [2.45, 2.75) is 6.54 Å². The fourth-order valence-corrected chi connectivity index (χ4v) is 2.98. The minimum absolute atomic E-state index is 0.254. The first-order valence-corrected chi connectivity index (χ1v) is 8.69. The molecule has 0 saturated heterocycles. The Bertz CT molecular complexity index is 909. The normalized spacial score (nSPS) is 10.3. The number of hydrogen-bond donors (Lipinski definition) is 0. The highest BCUT2D eigenvalue weighted by Crippen LogP contribution is 2.32. The number of rotatable bonds is 6. The maximum absolute atomic E-state index is 13.5. The van der Waals surface area contributed by atoms with Gasteiger partial charge < -0.3 is 14.4 Å². The molecule has 0 bridgehead atoms. The molecule has 0 spiro atoms. The second kappa shape index (κ2) is 8.56. The number of carbonyl (C=O) groups excluding carboxylic acids is 1. The first-order valence-electron chi connectivity index (χ1n) is 8.31. The molecule has 0 saturated carbocycles. The van der Waals surface area contributed by atoms with E-state index in [0.29, 0.717) is 34.3 Å². The van der Waals surface area contributed by atoms with Crippen LogP contribution < -0.4 is 14.4 Å². The van der Waals surface area contributed by atoms with Gasteiger partial charge in [0.1, 0.15) is 17.1 Å². The van der Waals surface area contributed by atoms with Crippen LogP contribution in [0.5, 0.6) is 11.5 Å². The molecule has 0 aliphatic carbocycles. The molecular weight excluding hydrogens is 364 g/mol. The molecule has 1 amide bonds. The average molecular weight is 383 g/mol. The van der Waals surface area contributed by atoms with Gasteiger partial charge in [0.15, 0.2) is 0 Å². The first-order chi connectivity index (χ1) is 13.1. The van der Waals surface area contributed by atoms with E-state index in [9.17, 15) is 4.79 Å². The number of pyridine rings is 1. The zero-order chi connectivity index (χ0) is 19.2. The van der Waals surface area contributed by atoms with Crippen molar-refractivity contribution < 1.29 is 14.3 Å². The second-order valence-electron chi connectivity index (χ2n) is 5.77. The molecule has 3 aromatic rings. The fourth-order valence-electron chi connectivity index (χ4n) is 2.80. The zero-order valence-corrected chi connectivity index (χ0v) is 15.8. The van der Waals surface area contributed by atoms with Crippen LogP contribution in [-0.4, -0.2) is 25.1 Å². The SMILES string of the molecule is COc1cccc(OC)c1C(=O)N(Cc1cccnc1)c1cccc(Cl)c1. The summed E-state index contributed by atoms with van der Waals surface area (Å²) in [5.41, 5.74) is 1.91. The minimum atomic E-state index is -0.254. The van der Waals surface area contributed by atoms with E-state index in [4.69, 9.17) is 21.1 Å². The second-order valence-corrected chi connectivity index (χ2v) is 6.21. The molecule has 6 heteroatoms. The Morgan fingerprint density at radius 3 is 2.33 bits per heavy atom. The number of benzene rings is 2. The van der Waals surface area contributed by atoms with Gasteiger partial charge in [0.05, 0.1) is 20.8 Å². The number of ether oxygens (including phenoxy) is 2. The van der Waals surface area contributed by atoms with E-state index in [2.05, 4.69) is 4.98 Å². The third-order valence-electron chi connectivity index (χ3n) is 4.07. The lowest BCUT2D eigenvalue weighted by molar-refractivity contribution is 0.0979. The van der Waals surface area contributed by atoms with Gasteiger partial charge in [-0.1, -0.05) is 29.8 Å². The predicted molar refractivity (Wildman–Crippen MR) is 106 cm³/mol. The summed E-state index contributed by atoms with van der Waals surface area (Å²) in [5.74, 6) is 0.630. The zero-order valence-electron chi connectivity index (χ0n) is 15.1. The van der Waals surface area contributed by atoms with Crippen LogP contribution in [0, 0.1) is 0 Å². The molecule has 0 atom stereocenters. The summed E-state index contributed by atoms with van der Waals surface area (Å²) in [4.78, 5) is 19.3. The van der Waals surface area contributed by atoms with Crippen molar-refractivity contribution in [3.8, 4) is 11.5 Å². The number of amides is 1. The summed E-state index contributed by atoms with van der Waals surface area (Å²) in [6.45, 7) is 0.328. The van der Waals surface area contributed by atoms with E-state index in [1.807, 2.05) is 18.2 Å². The quantitative estimate of drug-likeness (QED) is 0.625. The molecule has 138 valence electrons. The van der Waals surface area contributed by atoms with E-state index in [1.54, 1.807) is 53.7 Å². The van der Waals surface area contributed by atoms with Crippen molar-refractivity contribution in [3.05, 3.63) is 83.1 Å². The van der Waals surface area contributed by atoms with Crippen molar-refractivity contribution in [1.82, 2.24) is 4.98 Å². The molecular formula is C21H19ClN2O3. The summed E-state index contributed by atoms with van der Waals surface area (Å²) in [5, 5.41) is 0.545. The van der Waals surface area contributed by atoms with E-state index in [-0.39, 0.29) is 5.91 Å². The average Bonchev–Trinajstić information content (AvgIpc) is 2.71. The molecule has 5 nitrogen and oxygen atoms in total. The van der Waals surface area contributed by atoms with Gasteiger partial charge in [-0.25, -0.2) is 0 Å². The molecule has 2 aromatic carbocycles. The van der Waals surface area contributed by atoms with Gasteiger partial charge in [0, 0.05) is 23.1 Å². The number of nitrogens with zero attached hydrogens (tertiary/aromatic N) is 2. The molecule has 0 N–H and O–H groups in total. The number of hydrogen-bond acceptors (Lipinski definition) is 4. The Hall–Kier alpha value is -3.05. The van der Waals surface area contributed by atoms with E-state index in [0.717, 1.165) is 5.56 Å². The number of aromatic nitrogens is 1. The van der Waals surface area contributed by atoms with Crippen LogP contribution in [-0.2, 0) is 6.54 Å². The third-order valence-corrected chi connectivity index (χ3v) is 4.31. The number of halogens is 1. The van der Waals surface area contributed by atoms with E-state index in [1.165, 1.54) is 14.2 Å². The predicted octanol–water partition coefficient (Wildman–Crippen LogP) is 4.60. The lowest BCUT2D eigenvalue weighted by atomic mass is 10.1. The molecule has 1 heterocycles. The summed E-state index contributed by atoms with van der Waals surface area (Å²) < 4.78 is 10.8. The minimum Gasteiger partial charge on any atom is -0.496 e. The van der Waals surface area contributed by atoms with Gasteiger partial charge in [-0.05, 0) is 42.0 Å². The van der Waals surface area contributed by atoms with Crippen molar-refractivity contribution in [2.24, 2.45) is 0 Å². The fraction of sp³-hybridized carbons (Fsp3) is 0.143. The van der Waals surface area contributed by atoms with Crippen molar-refractivity contribution in [2.75, 3.05) is 19.1 Å². The van der Waals surface area contributed by atoms with Gasteiger partial charge >= 0.3 is 0 Å². The van der Waals surface area contributed by atoms with Gasteiger partial charge in [0.25, 0.3) is 5.91 Å². The Labute approximate surface area is 163 Å². The Kier molecular flexibility index (Phi) is 5.94. The Morgan fingerprint density at radius 1 is 1.04 bits per heavy atom. The molecule has 0 unspecified atom stereocenters. The Morgan fingerprint density at radius 2 is 1.74 bits per heavy atom. The summed E-state index contributed by atoms with van der Waals surface area (Å²) in [6, 6.07) is 16.1. The summed E-state index contributed by atoms with van der Waals surface area (Å²) >= 11 is 6.16. The van der Waals surface area contributed by atoms with Crippen LogP contribution in [0.15, 0.2) is 67.0 Å². The molecule has 0 fully saturated rings. The maximum atomic E-state index is 13.5. The van der Waals surface area contributed by atoms with Gasteiger partial charge in [-0.15, -0.1) is 0 Å². The number of methoxy groups -OCH3 is 2. The highest BCUT2D eigenvalue weighted by molar-refractivity contribution is 6.31. The van der Waals surface area contributed by atoms with E-state index < -0.39 is 0 Å². The van der Waals surface area contributed by atoms with E-state index >= 15 is 0 Å². The highest BCUT2D eigenvalue weighted by Gasteiger charge is 2.25. The number of carbonyl (C=O) groups is 1. The van der Waals surface area contributed by atoms with Crippen LogP contribution >= 0.6 is 11.6 Å². The third kappa shape index (κ3) is 4.20. The van der Waals surface area contributed by atoms with Gasteiger partial charge in [0.2, 0.25) is 0 Å². The van der Waals surface area contributed by atoms with Crippen molar-refractivity contribution in [3.63, 3.8) is 0 Å². The summed E-state index contributed by atoms with van der Waals surface area (Å²) in [6.07, 6.45) is 3.42. The van der Waals surface area contributed by atoms with Gasteiger partial charge in [-0.3, -0.25) is 9.78 Å². The Balaban J connectivity index is 2.09.